The Bertz CT molecular complexity index is 887. The van der Waals surface area contributed by atoms with Crippen LogP contribution in [-0.4, -0.2) is 33.8 Å². The lowest BCUT2D eigenvalue weighted by Gasteiger charge is -2.37. The van der Waals surface area contributed by atoms with Gasteiger partial charge in [0.25, 0.3) is 0 Å². The van der Waals surface area contributed by atoms with Crippen molar-refractivity contribution in [3.63, 3.8) is 0 Å². The lowest BCUT2D eigenvalue weighted by molar-refractivity contribution is -0.135. The number of benzene rings is 1. The maximum absolute atomic E-state index is 13.2. The van der Waals surface area contributed by atoms with Crippen molar-refractivity contribution in [3.8, 4) is 0 Å². The fourth-order valence-electron chi connectivity index (χ4n) is 4.81. The second-order valence-electron chi connectivity index (χ2n) is 8.52. The number of piperidine rings is 1. The van der Waals surface area contributed by atoms with Gasteiger partial charge < -0.3 is 10.2 Å². The van der Waals surface area contributed by atoms with E-state index in [0.29, 0.717) is 24.3 Å². The Balaban J connectivity index is 1.45. The number of pyridine rings is 1. The van der Waals surface area contributed by atoms with Crippen LogP contribution in [0, 0.1) is 0 Å². The van der Waals surface area contributed by atoms with Gasteiger partial charge >= 0.3 is 0 Å². The van der Waals surface area contributed by atoms with Gasteiger partial charge in [0, 0.05) is 42.3 Å². The van der Waals surface area contributed by atoms with E-state index in [4.69, 9.17) is 11.6 Å². The molecule has 2 saturated heterocycles. The molecule has 0 unspecified atom stereocenters. The average Bonchev–Trinajstić information content (AvgIpc) is 3.15. The van der Waals surface area contributed by atoms with Crippen LogP contribution in [0.25, 0.3) is 0 Å². The molecule has 0 aliphatic carbocycles. The third-order valence-electron chi connectivity index (χ3n) is 6.40. The molecular formula is C24H28ClN3O2. The Kier molecular flexibility index (Phi) is 6.38. The molecule has 6 heteroatoms. The predicted octanol–water partition coefficient (Wildman–Crippen LogP) is 4.46. The first kappa shape index (κ1) is 20.9. The van der Waals surface area contributed by atoms with Gasteiger partial charge in [0.2, 0.25) is 11.8 Å². The summed E-state index contributed by atoms with van der Waals surface area (Å²) in [7, 11) is 0. The van der Waals surface area contributed by atoms with Crippen LogP contribution in [-0.2, 0) is 16.0 Å². The van der Waals surface area contributed by atoms with Crippen molar-refractivity contribution in [3.05, 3.63) is 64.9 Å². The SMILES string of the molecule is O=C1CC[C@](CCC(=O)N2CCCC[C@H]2c2cccnc2)(Cc2ccc(Cl)cc2)N1. The number of carbonyl (C=O) groups is 2. The minimum atomic E-state index is -0.361. The lowest BCUT2D eigenvalue weighted by atomic mass is 9.84. The molecule has 0 spiro atoms. The first-order chi connectivity index (χ1) is 14.5. The average molecular weight is 426 g/mol. The number of amides is 2. The van der Waals surface area contributed by atoms with Gasteiger partial charge in [-0.1, -0.05) is 29.8 Å². The summed E-state index contributed by atoms with van der Waals surface area (Å²) in [6.45, 7) is 0.787. The third kappa shape index (κ3) is 4.84. The normalized spacial score (nSPS) is 24.0. The molecule has 4 rings (SSSR count). The second kappa shape index (κ2) is 9.17. The van der Waals surface area contributed by atoms with Crippen molar-refractivity contribution in [1.29, 1.82) is 0 Å². The van der Waals surface area contributed by atoms with Crippen LogP contribution in [0.4, 0.5) is 0 Å². The van der Waals surface area contributed by atoms with Gasteiger partial charge in [-0.15, -0.1) is 0 Å². The van der Waals surface area contributed by atoms with Gasteiger partial charge in [0.1, 0.15) is 0 Å². The molecule has 2 aliphatic heterocycles. The zero-order chi connectivity index (χ0) is 21.0. The topological polar surface area (TPSA) is 62.3 Å². The maximum atomic E-state index is 13.2. The van der Waals surface area contributed by atoms with Crippen molar-refractivity contribution in [1.82, 2.24) is 15.2 Å². The van der Waals surface area contributed by atoms with E-state index < -0.39 is 0 Å². The molecule has 2 aliphatic rings. The summed E-state index contributed by atoms with van der Waals surface area (Å²) in [5, 5.41) is 3.88. The first-order valence-corrected chi connectivity index (χ1v) is 11.2. The molecule has 2 aromatic rings. The molecule has 3 heterocycles. The summed E-state index contributed by atoms with van der Waals surface area (Å²) in [6, 6.07) is 11.8. The molecule has 2 amide bonds. The minimum absolute atomic E-state index is 0.0719. The Morgan fingerprint density at radius 3 is 2.77 bits per heavy atom. The summed E-state index contributed by atoms with van der Waals surface area (Å²) in [6.07, 6.45) is 9.85. The molecule has 1 aromatic carbocycles. The Hall–Kier alpha value is -2.40. The van der Waals surface area contributed by atoms with Crippen LogP contribution < -0.4 is 5.32 Å². The summed E-state index contributed by atoms with van der Waals surface area (Å²) < 4.78 is 0. The van der Waals surface area contributed by atoms with Crippen LogP contribution in [0.5, 0.6) is 0 Å². The monoisotopic (exact) mass is 425 g/mol. The number of nitrogens with zero attached hydrogens (tertiary/aromatic N) is 2. The Morgan fingerprint density at radius 2 is 2.07 bits per heavy atom. The molecule has 158 valence electrons. The fraction of sp³-hybridized carbons (Fsp3) is 0.458. The van der Waals surface area contributed by atoms with Gasteiger partial charge in [-0.25, -0.2) is 0 Å². The van der Waals surface area contributed by atoms with Gasteiger partial charge in [0.15, 0.2) is 0 Å². The Labute approximate surface area is 182 Å². The van der Waals surface area contributed by atoms with E-state index >= 15 is 0 Å². The summed E-state index contributed by atoms with van der Waals surface area (Å²) >= 11 is 6.01. The van der Waals surface area contributed by atoms with Gasteiger partial charge in [0.05, 0.1) is 6.04 Å². The summed E-state index contributed by atoms with van der Waals surface area (Å²) in [4.78, 5) is 31.5. The zero-order valence-electron chi connectivity index (χ0n) is 17.1. The number of nitrogens with one attached hydrogen (secondary N) is 1. The van der Waals surface area contributed by atoms with Gasteiger partial charge in [-0.05, 0) is 67.9 Å². The maximum Gasteiger partial charge on any atom is 0.223 e. The van der Waals surface area contributed by atoms with Gasteiger partial charge in [-0.2, -0.15) is 0 Å². The van der Waals surface area contributed by atoms with Gasteiger partial charge in [-0.3, -0.25) is 14.6 Å². The standard InChI is InChI=1S/C24H28ClN3O2/c25-20-8-6-18(7-9-20)16-24(12-10-22(29)27-24)13-11-23(30)28-15-2-1-5-21(28)19-4-3-14-26-17-19/h3-4,6-9,14,17,21H,1-2,5,10-13,15-16H2,(H,27,29)/t21-,24-/m0/s1. The van der Waals surface area contributed by atoms with E-state index in [1.165, 1.54) is 0 Å². The highest BCUT2D eigenvalue weighted by atomic mass is 35.5. The highest BCUT2D eigenvalue weighted by Crippen LogP contribution is 2.34. The molecule has 2 fully saturated rings. The second-order valence-corrected chi connectivity index (χ2v) is 8.95. The number of likely N-dealkylation sites (tertiary alicyclic amines) is 1. The van der Waals surface area contributed by atoms with E-state index in [0.717, 1.165) is 49.8 Å². The fourth-order valence-corrected chi connectivity index (χ4v) is 4.94. The molecule has 30 heavy (non-hydrogen) atoms. The van der Waals surface area contributed by atoms with Crippen LogP contribution in [0.1, 0.15) is 62.1 Å². The number of hydrogen-bond acceptors (Lipinski definition) is 3. The van der Waals surface area contributed by atoms with Crippen molar-refractivity contribution in [2.24, 2.45) is 0 Å². The van der Waals surface area contributed by atoms with Crippen molar-refractivity contribution < 1.29 is 9.59 Å². The van der Waals surface area contributed by atoms with Crippen LogP contribution in [0.15, 0.2) is 48.8 Å². The van der Waals surface area contributed by atoms with E-state index in [-0.39, 0.29) is 23.4 Å². The number of rotatable bonds is 6. The highest BCUT2D eigenvalue weighted by Gasteiger charge is 2.39. The Morgan fingerprint density at radius 1 is 1.23 bits per heavy atom. The van der Waals surface area contributed by atoms with Crippen LogP contribution >= 0.6 is 11.6 Å². The molecule has 1 N–H and O–H groups in total. The van der Waals surface area contributed by atoms with E-state index in [9.17, 15) is 9.59 Å². The lowest BCUT2D eigenvalue weighted by Crippen LogP contribution is -2.45. The predicted molar refractivity (Wildman–Crippen MR) is 117 cm³/mol. The van der Waals surface area contributed by atoms with Crippen LogP contribution in [0.2, 0.25) is 5.02 Å². The molecular weight excluding hydrogens is 398 g/mol. The van der Waals surface area contributed by atoms with E-state index in [1.54, 1.807) is 6.20 Å². The number of aromatic nitrogens is 1. The zero-order valence-corrected chi connectivity index (χ0v) is 17.9. The molecule has 0 bridgehead atoms. The molecule has 1 aromatic heterocycles. The number of hydrogen-bond donors (Lipinski definition) is 1. The molecule has 2 atom stereocenters. The summed E-state index contributed by atoms with van der Waals surface area (Å²) in [5.41, 5.74) is 1.87. The molecule has 0 saturated carbocycles. The number of halogens is 1. The quantitative estimate of drug-likeness (QED) is 0.743. The third-order valence-corrected chi connectivity index (χ3v) is 6.65. The van der Waals surface area contributed by atoms with Crippen molar-refractivity contribution in [2.45, 2.75) is 62.9 Å². The molecule has 5 nitrogen and oxygen atoms in total. The smallest absolute Gasteiger partial charge is 0.223 e. The van der Waals surface area contributed by atoms with Crippen molar-refractivity contribution >= 4 is 23.4 Å². The highest BCUT2D eigenvalue weighted by molar-refractivity contribution is 6.30. The molecule has 0 radical (unpaired) electrons. The largest absolute Gasteiger partial charge is 0.350 e. The van der Waals surface area contributed by atoms with Crippen LogP contribution in [0.3, 0.4) is 0 Å². The first-order valence-electron chi connectivity index (χ1n) is 10.8. The minimum Gasteiger partial charge on any atom is -0.350 e. The van der Waals surface area contributed by atoms with E-state index in [2.05, 4.69) is 16.4 Å². The van der Waals surface area contributed by atoms with E-state index in [1.807, 2.05) is 41.4 Å². The number of carbonyl (C=O) groups excluding carboxylic acids is 2. The summed E-state index contributed by atoms with van der Waals surface area (Å²) in [5.74, 6) is 0.239. The van der Waals surface area contributed by atoms with Crippen molar-refractivity contribution in [2.75, 3.05) is 6.54 Å².